The molecule has 0 aliphatic heterocycles. The summed E-state index contributed by atoms with van der Waals surface area (Å²) in [6.45, 7) is 0.560. The molecule has 2 N–H and O–H groups in total. The first kappa shape index (κ1) is 21.5. The number of unbranched alkanes of at least 4 members (excludes halogenated alkanes) is 3. The summed E-state index contributed by atoms with van der Waals surface area (Å²) in [6.07, 6.45) is 3.33. The van der Waals surface area contributed by atoms with Crippen LogP contribution in [0, 0.1) is 0 Å². The van der Waals surface area contributed by atoms with Crippen LogP contribution in [-0.4, -0.2) is 30.7 Å². The fraction of sp³-hybridized carbons (Fsp3) is 0.421. The maximum absolute atomic E-state index is 13.5. The predicted molar refractivity (Wildman–Crippen MR) is 92.6 cm³/mol. The van der Waals surface area contributed by atoms with Crippen LogP contribution in [0.15, 0.2) is 42.5 Å². The molecule has 0 aromatic heterocycles. The zero-order chi connectivity index (χ0) is 19.6. The number of rotatable bonds is 11. The summed E-state index contributed by atoms with van der Waals surface area (Å²) in [6, 6.07) is 7.61. The Balaban J connectivity index is 3.33. The molecule has 1 aromatic carbocycles. The summed E-state index contributed by atoms with van der Waals surface area (Å²) in [5, 5.41) is 0. The quantitative estimate of drug-likeness (QED) is 0.282. The van der Waals surface area contributed by atoms with Gasteiger partial charge in [0, 0.05) is 0 Å². The second kappa shape index (κ2) is 10.4. The largest absolute Gasteiger partial charge is 0.420 e. The Bertz CT molecular complexity index is 648. The van der Waals surface area contributed by atoms with Crippen molar-refractivity contribution in [3.8, 4) is 0 Å². The Morgan fingerprint density at radius 2 is 1.88 bits per heavy atom. The number of halogens is 2. The lowest BCUT2D eigenvalue weighted by atomic mass is 9.76. The van der Waals surface area contributed by atoms with Crippen molar-refractivity contribution < 1.29 is 27.9 Å². The topological polar surface area (TPSA) is 86.5 Å². The first-order chi connectivity index (χ1) is 12.4. The number of Topliss-reactive ketones (excluding diaryl/α,β-unsaturated/α-hetero) is 1. The van der Waals surface area contributed by atoms with Crippen LogP contribution in [0.2, 0.25) is 0 Å². The predicted octanol–water partition coefficient (Wildman–Crippen LogP) is 2.92. The number of benzene rings is 1. The molecule has 7 heteroatoms. The van der Waals surface area contributed by atoms with Gasteiger partial charge in [0.15, 0.2) is 11.2 Å². The van der Waals surface area contributed by atoms with E-state index in [1.165, 1.54) is 18.2 Å². The highest BCUT2D eigenvalue weighted by molar-refractivity contribution is 6.12. The smallest absolute Gasteiger partial charge is 0.331 e. The van der Waals surface area contributed by atoms with E-state index in [0.29, 0.717) is 6.42 Å². The van der Waals surface area contributed by atoms with Crippen LogP contribution in [0.4, 0.5) is 8.78 Å². The summed E-state index contributed by atoms with van der Waals surface area (Å²) in [7, 11) is 0. The summed E-state index contributed by atoms with van der Waals surface area (Å²) in [5.74, 6) is -4.01. The molecule has 0 aliphatic rings. The van der Waals surface area contributed by atoms with Crippen LogP contribution in [0.25, 0.3) is 0 Å². The molecule has 0 heterocycles. The number of nitrogens with two attached hydrogens (primary N) is 1. The monoisotopic (exact) mass is 367 g/mol. The number of ketones is 1. The molecule has 1 aromatic rings. The van der Waals surface area contributed by atoms with Crippen molar-refractivity contribution in [1.29, 1.82) is 0 Å². The molecular formula is C19H23F2NO4. The van der Waals surface area contributed by atoms with Gasteiger partial charge in [-0.3, -0.25) is 14.4 Å². The molecule has 0 bridgehead atoms. The van der Waals surface area contributed by atoms with Crippen LogP contribution in [0.3, 0.4) is 0 Å². The number of primary amides is 1. The third-order valence-electron chi connectivity index (χ3n) is 3.89. The number of hydrogen-bond acceptors (Lipinski definition) is 4. The number of allylic oxidation sites excluding steroid dienone is 1. The SMILES string of the molecule is CCCCCC=CC(C(=O)CF)(C(=O)OC(F)C(N)=O)c1ccccc1. The summed E-state index contributed by atoms with van der Waals surface area (Å²) >= 11 is 0. The van der Waals surface area contributed by atoms with Crippen LogP contribution in [0.1, 0.15) is 38.2 Å². The Hall–Kier alpha value is -2.57. The molecule has 2 unspecified atom stereocenters. The molecule has 0 aliphatic carbocycles. The minimum atomic E-state index is -2.73. The van der Waals surface area contributed by atoms with Crippen molar-refractivity contribution >= 4 is 17.7 Å². The molecule has 0 fully saturated rings. The highest BCUT2D eigenvalue weighted by Crippen LogP contribution is 2.30. The molecule has 2 atom stereocenters. The van der Waals surface area contributed by atoms with Gasteiger partial charge in [0.2, 0.25) is 0 Å². The molecule has 1 amide bonds. The van der Waals surface area contributed by atoms with E-state index in [0.717, 1.165) is 19.3 Å². The van der Waals surface area contributed by atoms with E-state index in [2.05, 4.69) is 4.74 Å². The molecule has 0 spiro atoms. The van der Waals surface area contributed by atoms with Crippen molar-refractivity contribution in [2.75, 3.05) is 6.67 Å². The normalized spacial score (nSPS) is 14.6. The van der Waals surface area contributed by atoms with Crippen molar-refractivity contribution in [2.45, 2.75) is 44.4 Å². The number of hydrogen-bond donors (Lipinski definition) is 1. The zero-order valence-corrected chi connectivity index (χ0v) is 14.6. The van der Waals surface area contributed by atoms with Crippen LogP contribution >= 0.6 is 0 Å². The molecule has 26 heavy (non-hydrogen) atoms. The number of amides is 1. The number of esters is 1. The average Bonchev–Trinajstić information content (AvgIpc) is 2.64. The Kier molecular flexibility index (Phi) is 8.61. The minimum Gasteiger partial charge on any atom is -0.420 e. The maximum atomic E-state index is 13.5. The Morgan fingerprint density at radius 1 is 1.23 bits per heavy atom. The van der Waals surface area contributed by atoms with E-state index in [-0.39, 0.29) is 5.56 Å². The highest BCUT2D eigenvalue weighted by atomic mass is 19.1. The number of alkyl halides is 2. The van der Waals surface area contributed by atoms with E-state index in [9.17, 15) is 23.2 Å². The van der Waals surface area contributed by atoms with Gasteiger partial charge in [0.25, 0.3) is 5.91 Å². The lowest BCUT2D eigenvalue weighted by Crippen LogP contribution is -2.46. The first-order valence-electron chi connectivity index (χ1n) is 8.37. The van der Waals surface area contributed by atoms with Crippen molar-refractivity contribution in [2.24, 2.45) is 5.73 Å². The fourth-order valence-electron chi connectivity index (χ4n) is 2.47. The van der Waals surface area contributed by atoms with Gasteiger partial charge < -0.3 is 10.5 Å². The van der Waals surface area contributed by atoms with Crippen molar-refractivity contribution in [3.05, 3.63) is 48.0 Å². The summed E-state index contributed by atoms with van der Waals surface area (Å²) < 4.78 is 31.2. The van der Waals surface area contributed by atoms with Gasteiger partial charge in [-0.1, -0.05) is 62.2 Å². The summed E-state index contributed by atoms with van der Waals surface area (Å²) in [4.78, 5) is 35.8. The average molecular weight is 367 g/mol. The van der Waals surface area contributed by atoms with E-state index < -0.39 is 36.1 Å². The molecule has 0 radical (unpaired) electrons. The van der Waals surface area contributed by atoms with E-state index in [1.54, 1.807) is 24.3 Å². The maximum Gasteiger partial charge on any atom is 0.331 e. The second-order valence-electron chi connectivity index (χ2n) is 5.75. The van der Waals surface area contributed by atoms with Crippen LogP contribution < -0.4 is 5.73 Å². The Morgan fingerprint density at radius 3 is 2.42 bits per heavy atom. The van der Waals surface area contributed by atoms with Crippen LogP contribution in [-0.2, 0) is 24.5 Å². The standard InChI is InChI=1S/C19H23F2NO4/c1-2-3-4-5-9-12-19(15(23)13-20,14-10-7-6-8-11-14)18(25)26-16(21)17(22)24/h6-12,16H,2-5,13H2,1H3,(H2,22,24). The van der Waals surface area contributed by atoms with Gasteiger partial charge in [-0.25, -0.2) is 4.39 Å². The minimum absolute atomic E-state index is 0.121. The van der Waals surface area contributed by atoms with Gasteiger partial charge >= 0.3 is 12.3 Å². The van der Waals surface area contributed by atoms with Gasteiger partial charge in [0.1, 0.15) is 6.67 Å². The molecular weight excluding hydrogens is 344 g/mol. The number of ether oxygens (including phenoxy) is 1. The van der Waals surface area contributed by atoms with E-state index in [4.69, 9.17) is 5.73 Å². The highest BCUT2D eigenvalue weighted by Gasteiger charge is 2.47. The van der Waals surface area contributed by atoms with E-state index in [1.807, 2.05) is 6.92 Å². The molecule has 0 saturated heterocycles. The lowest BCUT2D eigenvalue weighted by molar-refractivity contribution is -0.170. The lowest BCUT2D eigenvalue weighted by Gasteiger charge is -2.27. The molecule has 1 rings (SSSR count). The number of carbonyl (C=O) groups is 3. The summed E-state index contributed by atoms with van der Waals surface area (Å²) in [5.41, 5.74) is 2.70. The van der Waals surface area contributed by atoms with Gasteiger partial charge in [-0.05, 0) is 18.4 Å². The van der Waals surface area contributed by atoms with Crippen molar-refractivity contribution in [3.63, 3.8) is 0 Å². The fourth-order valence-corrected chi connectivity index (χ4v) is 2.47. The third-order valence-corrected chi connectivity index (χ3v) is 3.89. The second-order valence-corrected chi connectivity index (χ2v) is 5.75. The molecule has 5 nitrogen and oxygen atoms in total. The van der Waals surface area contributed by atoms with Gasteiger partial charge in [-0.15, -0.1) is 0 Å². The van der Waals surface area contributed by atoms with Gasteiger partial charge in [-0.2, -0.15) is 4.39 Å². The molecule has 142 valence electrons. The van der Waals surface area contributed by atoms with E-state index >= 15 is 0 Å². The third kappa shape index (κ3) is 5.21. The van der Waals surface area contributed by atoms with Gasteiger partial charge in [0.05, 0.1) is 0 Å². The zero-order valence-electron chi connectivity index (χ0n) is 14.6. The Labute approximate surface area is 151 Å². The van der Waals surface area contributed by atoms with Crippen molar-refractivity contribution in [1.82, 2.24) is 0 Å². The van der Waals surface area contributed by atoms with Crippen LogP contribution in [0.5, 0.6) is 0 Å². The number of carbonyl (C=O) groups excluding carboxylic acids is 3. The first-order valence-corrected chi connectivity index (χ1v) is 8.37. The molecule has 0 saturated carbocycles.